The van der Waals surface area contributed by atoms with Crippen LogP contribution < -0.4 is 0 Å². The first kappa shape index (κ1) is 15.9. The Morgan fingerprint density at radius 3 is 2.68 bits per heavy atom. The number of allylic oxidation sites excluding steroid dienone is 2. The van der Waals surface area contributed by atoms with Gasteiger partial charge in [-0.1, -0.05) is 47.9 Å². The number of ketones is 1. The van der Waals surface area contributed by atoms with Crippen LogP contribution >= 0.6 is 0 Å². The van der Waals surface area contributed by atoms with Crippen LogP contribution in [-0.2, 0) is 11.2 Å². The lowest BCUT2D eigenvalue weighted by molar-refractivity contribution is -0.120. The van der Waals surface area contributed by atoms with E-state index in [0.29, 0.717) is 17.1 Å². The van der Waals surface area contributed by atoms with E-state index >= 15 is 0 Å². The van der Waals surface area contributed by atoms with Gasteiger partial charge in [0.15, 0.2) is 0 Å². The van der Waals surface area contributed by atoms with E-state index in [1.807, 2.05) is 5.57 Å². The van der Waals surface area contributed by atoms with Gasteiger partial charge in [0.05, 0.1) is 0 Å². The zero-order chi connectivity index (χ0) is 16.9. The lowest BCUT2D eigenvalue weighted by Gasteiger charge is -2.50. The second-order valence-corrected chi connectivity index (χ2v) is 9.20. The zero-order valence-electron chi connectivity index (χ0n) is 15.3. The van der Waals surface area contributed by atoms with Gasteiger partial charge >= 0.3 is 0 Å². The summed E-state index contributed by atoms with van der Waals surface area (Å²) in [5, 5.41) is 0. The van der Waals surface area contributed by atoms with Gasteiger partial charge in [-0.25, -0.2) is 0 Å². The minimum absolute atomic E-state index is 0.517. The molecule has 1 unspecified atom stereocenters. The summed E-state index contributed by atoms with van der Waals surface area (Å²) < 4.78 is 0. The third-order valence-corrected chi connectivity index (χ3v) is 8.08. The van der Waals surface area contributed by atoms with Crippen molar-refractivity contribution in [3.8, 4) is 0 Å². The molecule has 4 aliphatic carbocycles. The normalized spacial score (nSPS) is 37.4. The molecule has 5 rings (SSSR count). The summed E-state index contributed by atoms with van der Waals surface area (Å²) in [6, 6.07) is 11.2. The van der Waals surface area contributed by atoms with E-state index in [9.17, 15) is 4.79 Å². The summed E-state index contributed by atoms with van der Waals surface area (Å²) in [4.78, 5) is 11.9. The van der Waals surface area contributed by atoms with Gasteiger partial charge in [0.1, 0.15) is 5.78 Å². The molecule has 4 aliphatic rings. The van der Waals surface area contributed by atoms with Crippen LogP contribution in [0.25, 0.3) is 0 Å². The number of hydrogen-bond donors (Lipinski definition) is 0. The first-order valence-corrected chi connectivity index (χ1v) is 10.5. The van der Waals surface area contributed by atoms with E-state index in [-0.39, 0.29) is 0 Å². The molecule has 1 nitrogen and oxygen atoms in total. The van der Waals surface area contributed by atoms with Gasteiger partial charge in [-0.05, 0) is 80.1 Å². The molecule has 25 heavy (non-hydrogen) atoms. The van der Waals surface area contributed by atoms with Crippen molar-refractivity contribution >= 4 is 5.78 Å². The van der Waals surface area contributed by atoms with Gasteiger partial charge in [-0.15, -0.1) is 0 Å². The average Bonchev–Trinajstić information content (AvgIpc) is 3.06. The van der Waals surface area contributed by atoms with E-state index < -0.39 is 0 Å². The van der Waals surface area contributed by atoms with Gasteiger partial charge in [0.2, 0.25) is 0 Å². The fraction of sp³-hybridized carbons (Fsp3) is 0.625. The van der Waals surface area contributed by atoms with E-state index in [0.717, 1.165) is 31.1 Å². The van der Waals surface area contributed by atoms with Crippen molar-refractivity contribution in [3.05, 3.63) is 47.0 Å². The molecule has 0 N–H and O–H groups in total. The minimum atomic E-state index is 0.517. The van der Waals surface area contributed by atoms with Crippen LogP contribution in [0, 0.1) is 23.2 Å². The molecule has 0 amide bonds. The average molecular weight is 335 g/mol. The molecule has 0 saturated heterocycles. The highest BCUT2D eigenvalue weighted by Gasteiger charge is 2.51. The Balaban J connectivity index is 1.45. The van der Waals surface area contributed by atoms with Crippen LogP contribution in [0.15, 0.2) is 41.5 Å². The molecule has 1 aromatic carbocycles. The number of fused-ring (bicyclic) bond motifs is 4. The molecule has 0 heterocycles. The third-order valence-electron chi connectivity index (χ3n) is 8.08. The Morgan fingerprint density at radius 2 is 1.80 bits per heavy atom. The summed E-state index contributed by atoms with van der Waals surface area (Å²) in [5.41, 5.74) is 5.69. The first-order valence-electron chi connectivity index (χ1n) is 10.5. The second-order valence-electron chi connectivity index (χ2n) is 9.20. The summed E-state index contributed by atoms with van der Waals surface area (Å²) in [6.07, 6.45) is 13.7. The summed E-state index contributed by atoms with van der Waals surface area (Å²) >= 11 is 0. The maximum atomic E-state index is 11.9. The molecule has 1 heteroatoms. The van der Waals surface area contributed by atoms with E-state index in [1.54, 1.807) is 11.1 Å². The predicted octanol–water partition coefficient (Wildman–Crippen LogP) is 5.89. The predicted molar refractivity (Wildman–Crippen MR) is 101 cm³/mol. The summed E-state index contributed by atoms with van der Waals surface area (Å²) in [7, 11) is 0. The summed E-state index contributed by atoms with van der Waals surface area (Å²) in [5.74, 6) is 2.89. The molecular weight excluding hydrogens is 304 g/mol. The quantitative estimate of drug-likeness (QED) is 0.617. The van der Waals surface area contributed by atoms with Gasteiger partial charge < -0.3 is 0 Å². The Labute approximate surface area is 151 Å². The number of Topliss-reactive ketones (excluding diaryl/α,β-unsaturated/α-hetero) is 1. The largest absolute Gasteiger partial charge is 0.300 e. The highest BCUT2D eigenvalue weighted by molar-refractivity contribution is 5.80. The van der Waals surface area contributed by atoms with Crippen LogP contribution in [0.4, 0.5) is 0 Å². The number of hydrogen-bond acceptors (Lipinski definition) is 1. The third kappa shape index (κ3) is 2.62. The van der Waals surface area contributed by atoms with Crippen molar-refractivity contribution in [1.82, 2.24) is 0 Å². The van der Waals surface area contributed by atoms with Crippen molar-refractivity contribution in [2.75, 3.05) is 0 Å². The second kappa shape index (κ2) is 6.11. The van der Waals surface area contributed by atoms with E-state index in [2.05, 4.69) is 30.3 Å². The van der Waals surface area contributed by atoms with Crippen LogP contribution in [0.5, 0.6) is 0 Å². The zero-order valence-corrected chi connectivity index (χ0v) is 15.3. The number of carbonyl (C=O) groups excluding carboxylic acids is 1. The molecular formula is C24H30O. The highest BCUT2D eigenvalue weighted by atomic mass is 16.1. The topological polar surface area (TPSA) is 17.1 Å². The smallest absolute Gasteiger partial charge is 0.133 e. The lowest BCUT2D eigenvalue weighted by atomic mass is 9.55. The molecule has 1 aromatic rings. The Morgan fingerprint density at radius 1 is 0.920 bits per heavy atom. The molecule has 0 radical (unpaired) electrons. The van der Waals surface area contributed by atoms with Crippen molar-refractivity contribution in [3.63, 3.8) is 0 Å². The van der Waals surface area contributed by atoms with Crippen LogP contribution in [0.1, 0.15) is 69.8 Å². The Kier molecular flexibility index (Phi) is 3.87. The maximum absolute atomic E-state index is 11.9. The fourth-order valence-corrected chi connectivity index (χ4v) is 7.06. The van der Waals surface area contributed by atoms with Crippen molar-refractivity contribution in [1.29, 1.82) is 0 Å². The van der Waals surface area contributed by atoms with Crippen LogP contribution in [0.2, 0.25) is 0 Å². The number of benzene rings is 1. The molecule has 3 saturated carbocycles. The van der Waals surface area contributed by atoms with Gasteiger partial charge in [-0.2, -0.15) is 0 Å². The van der Waals surface area contributed by atoms with Gasteiger partial charge in [-0.3, -0.25) is 4.79 Å². The van der Waals surface area contributed by atoms with E-state index in [4.69, 9.17) is 0 Å². The lowest BCUT2D eigenvalue weighted by Crippen LogP contribution is -2.41. The monoisotopic (exact) mass is 334 g/mol. The van der Waals surface area contributed by atoms with Crippen LogP contribution in [0.3, 0.4) is 0 Å². The van der Waals surface area contributed by atoms with Gasteiger partial charge in [0, 0.05) is 12.8 Å². The van der Waals surface area contributed by atoms with Crippen molar-refractivity contribution < 1.29 is 4.79 Å². The standard InChI is InChI=1S/C24H30O/c25-19-9-11-20-18(15-19)8-10-22-21(20)12-14-24(13-4-7-23(22)24)16-17-5-2-1-3-6-17/h1-3,5-6,18,22-23H,4,7-16H2/t18?,22-,23+,24+/m1/s1. The Bertz CT molecular complexity index is 700. The number of carbonyl (C=O) groups is 1. The first-order chi connectivity index (χ1) is 12.3. The molecule has 0 spiro atoms. The SMILES string of the molecule is O=C1CCC2=C3CC[C@]4(Cc5ccccc5)CCC[C@H]4[C@@H]3CCC2C1. The fourth-order valence-electron chi connectivity index (χ4n) is 7.06. The van der Waals surface area contributed by atoms with Crippen molar-refractivity contribution in [2.24, 2.45) is 23.2 Å². The van der Waals surface area contributed by atoms with Crippen molar-refractivity contribution in [2.45, 2.75) is 70.6 Å². The summed E-state index contributed by atoms with van der Waals surface area (Å²) in [6.45, 7) is 0. The molecule has 0 aromatic heterocycles. The minimum Gasteiger partial charge on any atom is -0.300 e. The molecule has 4 atom stereocenters. The molecule has 3 fully saturated rings. The van der Waals surface area contributed by atoms with E-state index in [1.165, 1.54) is 51.4 Å². The molecule has 0 aliphatic heterocycles. The molecule has 132 valence electrons. The Hall–Kier alpha value is -1.37. The molecule has 0 bridgehead atoms. The van der Waals surface area contributed by atoms with Crippen LogP contribution in [-0.4, -0.2) is 5.78 Å². The maximum Gasteiger partial charge on any atom is 0.133 e. The highest BCUT2D eigenvalue weighted by Crippen LogP contribution is 2.61. The number of rotatable bonds is 2. The van der Waals surface area contributed by atoms with Gasteiger partial charge in [0.25, 0.3) is 0 Å².